The summed E-state index contributed by atoms with van der Waals surface area (Å²) in [6.07, 6.45) is 0. The number of benzene rings is 2. The van der Waals surface area contributed by atoms with Gasteiger partial charge < -0.3 is 15.4 Å². The summed E-state index contributed by atoms with van der Waals surface area (Å²) in [5, 5.41) is 0. The zero-order valence-corrected chi connectivity index (χ0v) is 12.4. The normalized spacial score (nSPS) is 10.3. The van der Waals surface area contributed by atoms with Crippen LogP contribution in [-0.2, 0) is 0 Å². The molecule has 0 spiro atoms. The van der Waals surface area contributed by atoms with E-state index in [2.05, 4.69) is 44.0 Å². The van der Waals surface area contributed by atoms with Crippen LogP contribution in [0.5, 0.6) is 5.75 Å². The van der Waals surface area contributed by atoms with Gasteiger partial charge in [-0.3, -0.25) is 0 Å². The summed E-state index contributed by atoms with van der Waals surface area (Å²) in [6, 6.07) is 14.0. The Hall–Kier alpha value is -2.16. The van der Waals surface area contributed by atoms with E-state index in [0.717, 1.165) is 18.0 Å². The largest absolute Gasteiger partial charge is 0.492 e. The van der Waals surface area contributed by atoms with Crippen LogP contribution in [0.1, 0.15) is 11.1 Å². The van der Waals surface area contributed by atoms with Gasteiger partial charge >= 0.3 is 0 Å². The van der Waals surface area contributed by atoms with Gasteiger partial charge in [0.25, 0.3) is 0 Å². The third-order valence-electron chi connectivity index (χ3n) is 3.34. The maximum Gasteiger partial charge on any atom is 0.119 e. The topological polar surface area (TPSA) is 38.5 Å². The van der Waals surface area contributed by atoms with Crippen LogP contribution in [0.25, 0.3) is 0 Å². The molecule has 2 aromatic rings. The Balaban J connectivity index is 1.88. The fraction of sp³-hybridized carbons (Fsp3) is 0.294. The number of aryl methyl sites for hydroxylation is 2. The van der Waals surface area contributed by atoms with Crippen molar-refractivity contribution in [1.29, 1.82) is 0 Å². The Morgan fingerprint density at radius 3 is 2.40 bits per heavy atom. The molecule has 0 bridgehead atoms. The molecule has 0 heterocycles. The number of anilines is 2. The predicted molar refractivity (Wildman–Crippen MR) is 85.5 cm³/mol. The minimum absolute atomic E-state index is 0.647. The first kappa shape index (κ1) is 14.3. The second kappa shape index (κ2) is 6.33. The molecule has 20 heavy (non-hydrogen) atoms. The Morgan fingerprint density at radius 2 is 1.75 bits per heavy atom. The quantitative estimate of drug-likeness (QED) is 0.846. The van der Waals surface area contributed by atoms with E-state index in [1.807, 2.05) is 24.3 Å². The third kappa shape index (κ3) is 3.67. The van der Waals surface area contributed by atoms with Gasteiger partial charge in [0.1, 0.15) is 12.4 Å². The second-order valence-corrected chi connectivity index (χ2v) is 5.13. The first-order chi connectivity index (χ1) is 9.56. The number of hydrogen-bond donors (Lipinski definition) is 1. The van der Waals surface area contributed by atoms with Crippen molar-refractivity contribution in [2.75, 3.05) is 30.8 Å². The van der Waals surface area contributed by atoms with Crippen LogP contribution in [-0.4, -0.2) is 20.2 Å². The SMILES string of the molecule is Cc1ccc(N(C)CCOc2ccc(N)cc2)c(C)c1. The van der Waals surface area contributed by atoms with E-state index in [4.69, 9.17) is 10.5 Å². The zero-order valence-electron chi connectivity index (χ0n) is 12.4. The van der Waals surface area contributed by atoms with E-state index in [0.29, 0.717) is 6.61 Å². The van der Waals surface area contributed by atoms with Crippen molar-refractivity contribution in [3.8, 4) is 5.75 Å². The number of hydrogen-bond acceptors (Lipinski definition) is 3. The highest BCUT2D eigenvalue weighted by atomic mass is 16.5. The standard InChI is InChI=1S/C17H22N2O/c1-13-4-9-17(14(2)12-13)19(3)10-11-20-16-7-5-15(18)6-8-16/h4-9,12H,10-11,18H2,1-3H3. The molecule has 0 aliphatic carbocycles. The maximum absolute atomic E-state index is 5.72. The Kier molecular flexibility index (Phi) is 4.51. The van der Waals surface area contributed by atoms with Gasteiger partial charge in [-0.15, -0.1) is 0 Å². The lowest BCUT2D eigenvalue weighted by Crippen LogP contribution is -2.24. The summed E-state index contributed by atoms with van der Waals surface area (Å²) in [6.45, 7) is 5.74. The molecular weight excluding hydrogens is 248 g/mol. The lowest BCUT2D eigenvalue weighted by Gasteiger charge is -2.22. The van der Waals surface area contributed by atoms with Gasteiger partial charge in [-0.25, -0.2) is 0 Å². The molecule has 106 valence electrons. The van der Waals surface area contributed by atoms with Crippen LogP contribution in [0.15, 0.2) is 42.5 Å². The van der Waals surface area contributed by atoms with Crippen LogP contribution < -0.4 is 15.4 Å². The van der Waals surface area contributed by atoms with Crippen molar-refractivity contribution in [3.05, 3.63) is 53.6 Å². The Morgan fingerprint density at radius 1 is 1.05 bits per heavy atom. The van der Waals surface area contributed by atoms with Gasteiger partial charge in [0.05, 0.1) is 6.54 Å². The number of nitrogens with zero attached hydrogens (tertiary/aromatic N) is 1. The van der Waals surface area contributed by atoms with Crippen molar-refractivity contribution in [2.45, 2.75) is 13.8 Å². The predicted octanol–water partition coefficient (Wildman–Crippen LogP) is 3.40. The van der Waals surface area contributed by atoms with E-state index in [1.165, 1.54) is 16.8 Å². The molecule has 0 amide bonds. The molecule has 0 unspecified atom stereocenters. The number of nitrogen functional groups attached to an aromatic ring is 1. The van der Waals surface area contributed by atoms with Crippen LogP contribution >= 0.6 is 0 Å². The molecule has 2 rings (SSSR count). The van der Waals surface area contributed by atoms with E-state index >= 15 is 0 Å². The number of likely N-dealkylation sites (N-methyl/N-ethyl adjacent to an activating group) is 1. The molecular formula is C17H22N2O. The molecule has 0 aromatic heterocycles. The van der Waals surface area contributed by atoms with E-state index in [9.17, 15) is 0 Å². The van der Waals surface area contributed by atoms with Gasteiger partial charge in [0.15, 0.2) is 0 Å². The summed E-state index contributed by atoms with van der Waals surface area (Å²) < 4.78 is 5.72. The average molecular weight is 270 g/mol. The van der Waals surface area contributed by atoms with Crippen LogP contribution in [0, 0.1) is 13.8 Å². The smallest absolute Gasteiger partial charge is 0.119 e. The molecule has 0 fully saturated rings. The lowest BCUT2D eigenvalue weighted by atomic mass is 10.1. The third-order valence-corrected chi connectivity index (χ3v) is 3.34. The van der Waals surface area contributed by atoms with Crippen LogP contribution in [0.4, 0.5) is 11.4 Å². The van der Waals surface area contributed by atoms with Gasteiger partial charge in [-0.1, -0.05) is 17.7 Å². The monoisotopic (exact) mass is 270 g/mol. The lowest BCUT2D eigenvalue weighted by molar-refractivity contribution is 0.326. The molecule has 0 aliphatic rings. The highest BCUT2D eigenvalue weighted by Crippen LogP contribution is 2.20. The molecule has 3 heteroatoms. The van der Waals surface area contributed by atoms with Crippen molar-refractivity contribution >= 4 is 11.4 Å². The first-order valence-corrected chi connectivity index (χ1v) is 6.83. The van der Waals surface area contributed by atoms with Crippen LogP contribution in [0.3, 0.4) is 0 Å². The second-order valence-electron chi connectivity index (χ2n) is 5.13. The summed E-state index contributed by atoms with van der Waals surface area (Å²) in [4.78, 5) is 2.21. The van der Waals surface area contributed by atoms with E-state index < -0.39 is 0 Å². The van der Waals surface area contributed by atoms with Gasteiger partial charge in [-0.05, 0) is 49.7 Å². The number of ether oxygens (including phenoxy) is 1. The van der Waals surface area contributed by atoms with Crippen LogP contribution in [0.2, 0.25) is 0 Å². The van der Waals surface area contributed by atoms with Crippen molar-refractivity contribution < 1.29 is 4.74 Å². The van der Waals surface area contributed by atoms with Crippen molar-refractivity contribution in [2.24, 2.45) is 0 Å². The molecule has 2 N–H and O–H groups in total. The van der Waals surface area contributed by atoms with Gasteiger partial charge in [0.2, 0.25) is 0 Å². The van der Waals surface area contributed by atoms with E-state index in [-0.39, 0.29) is 0 Å². The summed E-state index contributed by atoms with van der Waals surface area (Å²) >= 11 is 0. The average Bonchev–Trinajstić information content (AvgIpc) is 2.41. The maximum atomic E-state index is 5.72. The first-order valence-electron chi connectivity index (χ1n) is 6.83. The number of rotatable bonds is 5. The fourth-order valence-corrected chi connectivity index (χ4v) is 2.22. The summed E-state index contributed by atoms with van der Waals surface area (Å²) in [5.41, 5.74) is 10.2. The zero-order chi connectivity index (χ0) is 14.5. The minimum atomic E-state index is 0.647. The number of nitrogens with two attached hydrogens (primary N) is 1. The molecule has 0 aliphatic heterocycles. The highest BCUT2D eigenvalue weighted by molar-refractivity contribution is 5.53. The van der Waals surface area contributed by atoms with Crippen molar-refractivity contribution in [3.63, 3.8) is 0 Å². The molecule has 2 aromatic carbocycles. The molecule has 0 atom stereocenters. The summed E-state index contributed by atoms with van der Waals surface area (Å²) in [7, 11) is 2.09. The highest BCUT2D eigenvalue weighted by Gasteiger charge is 2.04. The Labute approximate surface area is 121 Å². The molecule has 0 saturated carbocycles. The van der Waals surface area contributed by atoms with Gasteiger partial charge in [0, 0.05) is 18.4 Å². The molecule has 0 radical (unpaired) electrons. The molecule has 0 saturated heterocycles. The molecule has 3 nitrogen and oxygen atoms in total. The fourth-order valence-electron chi connectivity index (χ4n) is 2.22. The Bertz CT molecular complexity index is 564. The van der Waals surface area contributed by atoms with E-state index in [1.54, 1.807) is 0 Å². The minimum Gasteiger partial charge on any atom is -0.492 e. The van der Waals surface area contributed by atoms with Crippen molar-refractivity contribution in [1.82, 2.24) is 0 Å². The van der Waals surface area contributed by atoms with Gasteiger partial charge in [-0.2, -0.15) is 0 Å². The summed E-state index contributed by atoms with van der Waals surface area (Å²) in [5.74, 6) is 0.855.